The smallest absolute Gasteiger partial charge is 0.228 e. The molecule has 3 rings (SSSR count). The minimum absolute atomic E-state index is 0.0552. The number of benzene rings is 2. The third kappa shape index (κ3) is 4.67. The van der Waals surface area contributed by atoms with Gasteiger partial charge in [-0.3, -0.25) is 9.59 Å². The lowest BCUT2D eigenvalue weighted by Gasteiger charge is -2.21. The molecule has 5 heteroatoms. The summed E-state index contributed by atoms with van der Waals surface area (Å²) in [6.07, 6.45) is 0.604. The molecule has 2 atom stereocenters. The van der Waals surface area contributed by atoms with E-state index in [0.717, 1.165) is 5.56 Å². The molecule has 2 aromatic carbocycles. The highest BCUT2D eigenvalue weighted by Gasteiger charge is 2.49. The first kappa shape index (κ1) is 19.0. The fraction of sp³-hybridized carbons (Fsp3) is 0.364. The number of hydrogen-bond donors (Lipinski definition) is 1. The van der Waals surface area contributed by atoms with Crippen LogP contribution in [0, 0.1) is 11.8 Å². The van der Waals surface area contributed by atoms with Crippen molar-refractivity contribution in [3.05, 3.63) is 60.2 Å². The summed E-state index contributed by atoms with van der Waals surface area (Å²) in [7, 11) is 0. The molecule has 2 amide bonds. The van der Waals surface area contributed by atoms with Crippen LogP contribution < -0.4 is 10.1 Å². The Bertz CT molecular complexity index is 791. The van der Waals surface area contributed by atoms with Gasteiger partial charge >= 0.3 is 0 Å². The number of nitrogens with one attached hydrogen (secondary N) is 1. The topological polar surface area (TPSA) is 58.6 Å². The van der Waals surface area contributed by atoms with Gasteiger partial charge in [0.2, 0.25) is 11.8 Å². The zero-order chi connectivity index (χ0) is 19.2. The van der Waals surface area contributed by atoms with Gasteiger partial charge in [0.25, 0.3) is 0 Å². The van der Waals surface area contributed by atoms with Crippen molar-refractivity contribution in [1.82, 2.24) is 4.90 Å². The van der Waals surface area contributed by atoms with Crippen molar-refractivity contribution in [3.8, 4) is 5.75 Å². The number of anilines is 1. The molecular weight excluding hydrogens is 340 g/mol. The molecule has 1 N–H and O–H groups in total. The van der Waals surface area contributed by atoms with Crippen LogP contribution >= 0.6 is 0 Å². The van der Waals surface area contributed by atoms with Crippen LogP contribution in [0.2, 0.25) is 0 Å². The Hall–Kier alpha value is -2.82. The number of carbonyl (C=O) groups is 2. The maximum absolute atomic E-state index is 12.8. The second kappa shape index (κ2) is 8.71. The van der Waals surface area contributed by atoms with Crippen LogP contribution in [-0.2, 0) is 16.1 Å². The van der Waals surface area contributed by atoms with Gasteiger partial charge in [-0.05, 0) is 38.0 Å². The molecule has 1 aliphatic carbocycles. The molecule has 0 aliphatic heterocycles. The van der Waals surface area contributed by atoms with Crippen LogP contribution in [0.4, 0.5) is 5.69 Å². The maximum Gasteiger partial charge on any atom is 0.228 e. The molecule has 1 aliphatic rings. The zero-order valence-electron chi connectivity index (χ0n) is 15.9. The van der Waals surface area contributed by atoms with Crippen LogP contribution in [0.5, 0.6) is 5.75 Å². The highest BCUT2D eigenvalue weighted by atomic mass is 16.5. The van der Waals surface area contributed by atoms with Gasteiger partial charge in [0.05, 0.1) is 24.1 Å². The van der Waals surface area contributed by atoms with Gasteiger partial charge in [-0.1, -0.05) is 42.5 Å². The van der Waals surface area contributed by atoms with Crippen LogP contribution in [-0.4, -0.2) is 29.9 Å². The average Bonchev–Trinajstić information content (AvgIpc) is 3.49. The van der Waals surface area contributed by atoms with Gasteiger partial charge in [-0.25, -0.2) is 0 Å². The highest BCUT2D eigenvalue weighted by Crippen LogP contribution is 2.41. The Balaban J connectivity index is 1.59. The first-order valence-corrected chi connectivity index (χ1v) is 9.49. The van der Waals surface area contributed by atoms with E-state index in [-0.39, 0.29) is 23.7 Å². The molecule has 0 bridgehead atoms. The lowest BCUT2D eigenvalue weighted by Crippen LogP contribution is -2.33. The summed E-state index contributed by atoms with van der Waals surface area (Å²) >= 11 is 0. The van der Waals surface area contributed by atoms with Gasteiger partial charge in [0.1, 0.15) is 5.75 Å². The molecule has 0 saturated heterocycles. The fourth-order valence-corrected chi connectivity index (χ4v) is 3.22. The Morgan fingerprint density at radius 3 is 2.44 bits per heavy atom. The van der Waals surface area contributed by atoms with E-state index in [1.54, 1.807) is 0 Å². The summed E-state index contributed by atoms with van der Waals surface area (Å²) in [5.74, 6) is 0.0944. The van der Waals surface area contributed by atoms with Gasteiger partial charge < -0.3 is 15.0 Å². The molecular formula is C22H26N2O3. The van der Waals surface area contributed by atoms with Gasteiger partial charge in [-0.15, -0.1) is 0 Å². The van der Waals surface area contributed by atoms with Crippen LogP contribution in [0.1, 0.15) is 25.8 Å². The fourth-order valence-electron chi connectivity index (χ4n) is 3.22. The number of ether oxygens (including phenoxy) is 1. The van der Waals surface area contributed by atoms with Crippen molar-refractivity contribution >= 4 is 17.5 Å². The van der Waals surface area contributed by atoms with Crippen LogP contribution in [0.15, 0.2) is 54.6 Å². The summed E-state index contributed by atoms with van der Waals surface area (Å²) in [5.41, 5.74) is 1.75. The number of amides is 2. The molecule has 2 aromatic rings. The monoisotopic (exact) mass is 366 g/mol. The van der Waals surface area contributed by atoms with E-state index >= 15 is 0 Å². The summed E-state index contributed by atoms with van der Waals surface area (Å²) < 4.78 is 5.54. The van der Waals surface area contributed by atoms with E-state index in [2.05, 4.69) is 5.32 Å². The van der Waals surface area contributed by atoms with Gasteiger partial charge in [0.15, 0.2) is 0 Å². The second-order valence-corrected chi connectivity index (χ2v) is 6.71. The van der Waals surface area contributed by atoms with Crippen molar-refractivity contribution in [2.75, 3.05) is 18.5 Å². The van der Waals surface area contributed by atoms with Crippen molar-refractivity contribution in [3.63, 3.8) is 0 Å². The first-order chi connectivity index (χ1) is 13.1. The standard InChI is InChI=1S/C22H26N2O3/c1-3-24(15-16-10-6-5-7-11-16)22(26)18-14-17(18)21(25)23-19-12-8-9-13-20(19)27-4-2/h5-13,17-18H,3-4,14-15H2,1-2H3,(H,23,25). The first-order valence-electron chi connectivity index (χ1n) is 9.49. The minimum Gasteiger partial charge on any atom is -0.492 e. The number of nitrogens with zero attached hydrogens (tertiary/aromatic N) is 1. The van der Waals surface area contributed by atoms with E-state index < -0.39 is 0 Å². The molecule has 0 aromatic heterocycles. The summed E-state index contributed by atoms with van der Waals surface area (Å²) in [6.45, 7) is 5.61. The van der Waals surface area contributed by atoms with Crippen LogP contribution in [0.3, 0.4) is 0 Å². The third-order valence-electron chi connectivity index (χ3n) is 4.80. The third-order valence-corrected chi connectivity index (χ3v) is 4.80. The Labute approximate surface area is 160 Å². The van der Waals surface area contributed by atoms with Crippen molar-refractivity contribution in [2.24, 2.45) is 11.8 Å². The minimum atomic E-state index is -0.267. The predicted molar refractivity (Wildman–Crippen MR) is 105 cm³/mol. The number of rotatable bonds is 8. The zero-order valence-corrected chi connectivity index (χ0v) is 15.9. The SMILES string of the molecule is CCOc1ccccc1NC(=O)C1CC1C(=O)N(CC)Cc1ccccc1. The normalized spacial score (nSPS) is 17.9. The number of carbonyl (C=O) groups excluding carboxylic acids is 2. The maximum atomic E-state index is 12.8. The summed E-state index contributed by atoms with van der Waals surface area (Å²) in [6, 6.07) is 17.3. The molecule has 0 spiro atoms. The van der Waals surface area contributed by atoms with E-state index in [9.17, 15) is 9.59 Å². The van der Waals surface area contributed by atoms with E-state index in [0.29, 0.717) is 37.6 Å². The van der Waals surface area contributed by atoms with E-state index in [4.69, 9.17) is 4.74 Å². The Morgan fingerprint density at radius 1 is 1.04 bits per heavy atom. The van der Waals surface area contributed by atoms with E-state index in [1.807, 2.05) is 73.3 Å². The molecule has 2 unspecified atom stereocenters. The second-order valence-electron chi connectivity index (χ2n) is 6.71. The van der Waals surface area contributed by atoms with E-state index in [1.165, 1.54) is 0 Å². The lowest BCUT2D eigenvalue weighted by molar-refractivity contribution is -0.134. The molecule has 27 heavy (non-hydrogen) atoms. The molecule has 142 valence electrons. The largest absolute Gasteiger partial charge is 0.492 e. The van der Waals surface area contributed by atoms with Crippen molar-refractivity contribution < 1.29 is 14.3 Å². The number of para-hydroxylation sites is 2. The van der Waals surface area contributed by atoms with Gasteiger partial charge in [-0.2, -0.15) is 0 Å². The van der Waals surface area contributed by atoms with Crippen molar-refractivity contribution in [2.45, 2.75) is 26.8 Å². The van der Waals surface area contributed by atoms with Gasteiger partial charge in [0, 0.05) is 13.1 Å². The predicted octanol–water partition coefficient (Wildman–Crippen LogP) is 3.71. The molecule has 1 saturated carbocycles. The average molecular weight is 366 g/mol. The summed E-state index contributed by atoms with van der Waals surface area (Å²) in [4.78, 5) is 27.2. The molecule has 1 fully saturated rings. The van der Waals surface area contributed by atoms with Crippen LogP contribution in [0.25, 0.3) is 0 Å². The quantitative estimate of drug-likeness (QED) is 0.775. The Morgan fingerprint density at radius 2 is 1.74 bits per heavy atom. The summed E-state index contributed by atoms with van der Waals surface area (Å²) in [5, 5.41) is 2.91. The lowest BCUT2D eigenvalue weighted by atomic mass is 10.2. The molecule has 0 heterocycles. The highest BCUT2D eigenvalue weighted by molar-refractivity contribution is 6.00. The van der Waals surface area contributed by atoms with Crippen molar-refractivity contribution in [1.29, 1.82) is 0 Å². The molecule has 5 nitrogen and oxygen atoms in total. The molecule has 0 radical (unpaired) electrons. The number of hydrogen-bond acceptors (Lipinski definition) is 3. The Kier molecular flexibility index (Phi) is 6.12.